The van der Waals surface area contributed by atoms with Crippen LogP contribution in [-0.2, 0) is 0 Å². The van der Waals surface area contributed by atoms with E-state index in [-0.39, 0.29) is 17.8 Å². The second-order valence-corrected chi connectivity index (χ2v) is 6.53. The topological polar surface area (TPSA) is 75.4 Å². The first kappa shape index (κ1) is 16.3. The van der Waals surface area contributed by atoms with E-state index in [9.17, 15) is 4.79 Å². The van der Waals surface area contributed by atoms with Crippen molar-refractivity contribution in [3.05, 3.63) is 61.1 Å². The minimum absolute atomic E-state index is 0.0453. The molecule has 1 fully saturated rings. The third-order valence-corrected chi connectivity index (χ3v) is 4.60. The maximum absolute atomic E-state index is 12.4. The maximum Gasteiger partial charge on any atom is 0.289 e. The Bertz CT molecular complexity index is 962. The number of amides is 1. The van der Waals surface area contributed by atoms with Gasteiger partial charge in [0.05, 0.1) is 5.52 Å². The highest BCUT2D eigenvalue weighted by molar-refractivity contribution is 5.90. The molecule has 0 saturated carbocycles. The van der Waals surface area contributed by atoms with Crippen LogP contribution in [0, 0.1) is 0 Å². The van der Waals surface area contributed by atoms with Gasteiger partial charge in [-0.15, -0.1) is 0 Å². The second kappa shape index (κ2) is 6.59. The molecule has 1 unspecified atom stereocenters. The molecule has 26 heavy (non-hydrogen) atoms. The van der Waals surface area contributed by atoms with Gasteiger partial charge in [-0.1, -0.05) is 6.58 Å². The Hall–Kier alpha value is -3.22. The average Bonchev–Trinajstić information content (AvgIpc) is 3.30. The van der Waals surface area contributed by atoms with Gasteiger partial charge in [-0.05, 0) is 31.1 Å². The zero-order valence-electron chi connectivity index (χ0n) is 14.6. The van der Waals surface area contributed by atoms with Gasteiger partial charge in [-0.25, -0.2) is 15.0 Å². The lowest BCUT2D eigenvalue weighted by Crippen LogP contribution is -2.38. The number of carbonyl (C=O) groups is 1. The van der Waals surface area contributed by atoms with Crippen LogP contribution in [0.5, 0.6) is 0 Å². The van der Waals surface area contributed by atoms with Crippen molar-refractivity contribution in [1.82, 2.24) is 24.7 Å². The minimum atomic E-state index is -0.251. The zero-order valence-corrected chi connectivity index (χ0v) is 14.6. The summed E-state index contributed by atoms with van der Waals surface area (Å²) in [5, 5.41) is 3.02. The molecule has 7 heteroatoms. The van der Waals surface area contributed by atoms with E-state index < -0.39 is 0 Å². The maximum atomic E-state index is 12.4. The van der Waals surface area contributed by atoms with Crippen LogP contribution in [0.3, 0.4) is 0 Å². The molecule has 132 valence electrons. The summed E-state index contributed by atoms with van der Waals surface area (Å²) in [7, 11) is 0. The number of hydrogen-bond acceptors (Lipinski definition) is 5. The second-order valence-electron chi connectivity index (χ2n) is 6.53. The summed E-state index contributed by atoms with van der Waals surface area (Å²) in [4.78, 5) is 27.4. The Kier molecular flexibility index (Phi) is 4.12. The monoisotopic (exact) mass is 348 g/mol. The molecule has 4 heterocycles. The number of nitrogens with zero attached hydrogens (tertiary/aromatic N) is 5. The number of nitrogens with one attached hydrogen (secondary N) is 1. The largest absolute Gasteiger partial charge is 0.353 e. The van der Waals surface area contributed by atoms with Crippen molar-refractivity contribution in [2.45, 2.75) is 19.4 Å². The highest BCUT2D eigenvalue weighted by Crippen LogP contribution is 2.23. The number of fused-ring (bicyclic) bond motifs is 1. The fraction of sp³-hybridized carbons (Fsp3) is 0.263. The van der Waals surface area contributed by atoms with Crippen LogP contribution in [0.15, 0.2) is 49.7 Å². The van der Waals surface area contributed by atoms with Crippen molar-refractivity contribution in [2.24, 2.45) is 0 Å². The number of rotatable bonds is 4. The molecule has 0 aromatic carbocycles. The summed E-state index contributed by atoms with van der Waals surface area (Å²) in [6.45, 7) is 7.29. The molecule has 0 bridgehead atoms. The molecule has 1 amide bonds. The van der Waals surface area contributed by atoms with Gasteiger partial charge in [0.1, 0.15) is 0 Å². The highest BCUT2D eigenvalue weighted by atomic mass is 16.2. The summed E-state index contributed by atoms with van der Waals surface area (Å²) >= 11 is 0. The molecule has 1 aliphatic rings. The van der Waals surface area contributed by atoms with Crippen LogP contribution in [0.4, 0.5) is 5.82 Å². The Morgan fingerprint density at radius 3 is 2.85 bits per heavy atom. The molecule has 0 aliphatic carbocycles. The van der Waals surface area contributed by atoms with Gasteiger partial charge in [-0.3, -0.25) is 4.79 Å². The summed E-state index contributed by atoms with van der Waals surface area (Å²) in [5.74, 6) is 0.871. The lowest BCUT2D eigenvalue weighted by molar-refractivity contribution is 0.0930. The molecule has 0 spiro atoms. The quantitative estimate of drug-likeness (QED) is 0.782. The van der Waals surface area contributed by atoms with E-state index in [0.717, 1.165) is 35.4 Å². The first-order valence-electron chi connectivity index (χ1n) is 8.57. The smallest absolute Gasteiger partial charge is 0.289 e. The zero-order chi connectivity index (χ0) is 18.1. The van der Waals surface area contributed by atoms with Gasteiger partial charge in [0, 0.05) is 55.7 Å². The van der Waals surface area contributed by atoms with Gasteiger partial charge in [0.15, 0.2) is 5.82 Å². The molecule has 1 aliphatic heterocycles. The summed E-state index contributed by atoms with van der Waals surface area (Å²) in [5.41, 5.74) is 2.77. The molecular formula is C19H20N6O. The molecule has 1 N–H and O–H groups in total. The number of aromatic nitrogens is 4. The van der Waals surface area contributed by atoms with Crippen LogP contribution in [0.25, 0.3) is 11.1 Å². The predicted octanol–water partition coefficient (Wildman–Crippen LogP) is 2.17. The van der Waals surface area contributed by atoms with Crippen molar-refractivity contribution in [3.63, 3.8) is 0 Å². The molecule has 1 atom stereocenters. The Labute approximate surface area is 151 Å². The van der Waals surface area contributed by atoms with E-state index in [1.54, 1.807) is 18.6 Å². The lowest BCUT2D eigenvalue weighted by atomic mass is 10.2. The predicted molar refractivity (Wildman–Crippen MR) is 100 cm³/mol. The third kappa shape index (κ3) is 3.03. The number of hydrogen-bond donors (Lipinski definition) is 1. The first-order valence-corrected chi connectivity index (χ1v) is 8.57. The number of allylic oxidation sites excluding steroid dienone is 1. The van der Waals surface area contributed by atoms with E-state index in [4.69, 9.17) is 0 Å². The molecule has 3 aromatic heterocycles. The van der Waals surface area contributed by atoms with E-state index >= 15 is 0 Å². The van der Waals surface area contributed by atoms with Crippen molar-refractivity contribution in [1.29, 1.82) is 0 Å². The van der Waals surface area contributed by atoms with Crippen LogP contribution in [0.1, 0.15) is 29.5 Å². The van der Waals surface area contributed by atoms with Crippen molar-refractivity contribution in [3.8, 4) is 0 Å². The Morgan fingerprint density at radius 1 is 1.27 bits per heavy atom. The fourth-order valence-corrected chi connectivity index (χ4v) is 3.18. The Morgan fingerprint density at radius 2 is 2.08 bits per heavy atom. The summed E-state index contributed by atoms with van der Waals surface area (Å²) < 4.78 is 2.05. The van der Waals surface area contributed by atoms with Gasteiger partial charge in [0.25, 0.3) is 5.91 Å². The third-order valence-electron chi connectivity index (χ3n) is 4.60. The molecule has 0 radical (unpaired) electrons. The SMILES string of the molecule is C=C(C)c1cnc(C(=O)NC2CCN(c3nccn4cccc34)C2)nc1. The van der Waals surface area contributed by atoms with Gasteiger partial charge < -0.3 is 14.6 Å². The van der Waals surface area contributed by atoms with Crippen molar-refractivity contribution >= 4 is 22.8 Å². The summed E-state index contributed by atoms with van der Waals surface area (Å²) in [6, 6.07) is 4.09. The van der Waals surface area contributed by atoms with E-state index in [1.807, 2.05) is 35.9 Å². The first-order chi connectivity index (χ1) is 12.6. The fourth-order valence-electron chi connectivity index (χ4n) is 3.18. The molecule has 3 aromatic rings. The molecule has 7 nitrogen and oxygen atoms in total. The van der Waals surface area contributed by atoms with Crippen LogP contribution in [0.2, 0.25) is 0 Å². The molecule has 1 saturated heterocycles. The molecule has 4 rings (SSSR count). The standard InChI is InChI=1S/C19H20N6O/c1-13(2)14-10-21-17(22-11-14)19(26)23-15-5-8-25(12-15)18-16-4-3-7-24(16)9-6-20-18/h3-4,6-7,9-11,15H,1,5,8,12H2,2H3,(H,23,26). The van der Waals surface area contributed by atoms with Crippen molar-refractivity contribution < 1.29 is 4.79 Å². The van der Waals surface area contributed by atoms with Crippen LogP contribution >= 0.6 is 0 Å². The number of carbonyl (C=O) groups excluding carboxylic acids is 1. The number of anilines is 1. The molecular weight excluding hydrogens is 328 g/mol. The average molecular weight is 348 g/mol. The van der Waals surface area contributed by atoms with Crippen LogP contribution in [-0.4, -0.2) is 44.4 Å². The lowest BCUT2D eigenvalue weighted by Gasteiger charge is -2.18. The van der Waals surface area contributed by atoms with E-state index in [0.29, 0.717) is 6.54 Å². The van der Waals surface area contributed by atoms with Gasteiger partial charge in [-0.2, -0.15) is 0 Å². The summed E-state index contributed by atoms with van der Waals surface area (Å²) in [6.07, 6.45) is 9.84. The van der Waals surface area contributed by atoms with E-state index in [1.165, 1.54) is 0 Å². The Balaban J connectivity index is 1.43. The van der Waals surface area contributed by atoms with Crippen LogP contribution < -0.4 is 10.2 Å². The van der Waals surface area contributed by atoms with Gasteiger partial charge in [0.2, 0.25) is 5.82 Å². The normalized spacial score (nSPS) is 16.8. The van der Waals surface area contributed by atoms with Gasteiger partial charge >= 0.3 is 0 Å². The highest BCUT2D eigenvalue weighted by Gasteiger charge is 2.27. The minimum Gasteiger partial charge on any atom is -0.353 e. The van der Waals surface area contributed by atoms with Crippen molar-refractivity contribution in [2.75, 3.05) is 18.0 Å². The van der Waals surface area contributed by atoms with E-state index in [2.05, 4.69) is 31.7 Å².